The van der Waals surface area contributed by atoms with E-state index in [1.165, 1.54) is 38.5 Å². The summed E-state index contributed by atoms with van der Waals surface area (Å²) in [4.78, 5) is 0. The predicted octanol–water partition coefficient (Wildman–Crippen LogP) is 3.62. The lowest BCUT2D eigenvalue weighted by atomic mass is 10.1. The third-order valence-corrected chi connectivity index (χ3v) is 2.67. The Morgan fingerprint density at radius 1 is 0.938 bits per heavy atom. The normalized spacial score (nSPS) is 12.9. The fourth-order valence-electron chi connectivity index (χ4n) is 1.29. The standard InChI is InChI=1S/C8H18.C5H14N2O/c1-3-5-7-8-6-4-2;1-4-5(6)7(2,3)8/h3-8H2,1-2H3;5H,4,6H2,1-3H3. The second-order valence-corrected chi connectivity index (χ2v) is 4.82. The molecule has 3 heteroatoms. The fourth-order valence-corrected chi connectivity index (χ4v) is 1.29. The molecule has 0 saturated carbocycles. The van der Waals surface area contributed by atoms with Crippen LogP contribution in [-0.4, -0.2) is 24.9 Å². The molecule has 0 saturated heterocycles. The molecule has 0 aromatic carbocycles. The number of nitrogens with two attached hydrogens (primary N) is 1. The van der Waals surface area contributed by atoms with Crippen molar-refractivity contribution in [2.75, 3.05) is 14.1 Å². The van der Waals surface area contributed by atoms with Crippen LogP contribution in [0.5, 0.6) is 0 Å². The first-order chi connectivity index (χ1) is 7.40. The van der Waals surface area contributed by atoms with Crippen molar-refractivity contribution in [1.29, 1.82) is 0 Å². The molecular formula is C13H32N2O. The predicted molar refractivity (Wildman–Crippen MR) is 72.8 cm³/mol. The molecule has 0 spiro atoms. The molecule has 0 fully saturated rings. The van der Waals surface area contributed by atoms with Crippen LogP contribution < -0.4 is 5.73 Å². The number of nitrogens with zero attached hydrogens (tertiary/aromatic N) is 1. The quantitative estimate of drug-likeness (QED) is 0.315. The molecule has 1 atom stereocenters. The van der Waals surface area contributed by atoms with Gasteiger partial charge in [0.1, 0.15) is 6.17 Å². The van der Waals surface area contributed by atoms with Gasteiger partial charge in [-0.2, -0.15) is 0 Å². The maximum absolute atomic E-state index is 10.8. The molecule has 0 heterocycles. The Bertz CT molecular complexity index is 126. The zero-order valence-corrected chi connectivity index (χ0v) is 12.0. The third-order valence-electron chi connectivity index (χ3n) is 2.67. The van der Waals surface area contributed by atoms with Crippen LogP contribution in [0.3, 0.4) is 0 Å². The van der Waals surface area contributed by atoms with Crippen LogP contribution in [0.1, 0.15) is 65.7 Å². The third kappa shape index (κ3) is 13.9. The molecule has 3 nitrogen and oxygen atoms in total. The van der Waals surface area contributed by atoms with E-state index in [1.807, 2.05) is 6.92 Å². The average Bonchev–Trinajstić information content (AvgIpc) is 2.23. The number of rotatable bonds is 7. The molecule has 0 radical (unpaired) electrons. The van der Waals surface area contributed by atoms with Gasteiger partial charge in [-0.1, -0.05) is 59.3 Å². The minimum absolute atomic E-state index is 0.269. The van der Waals surface area contributed by atoms with Crippen LogP contribution in [-0.2, 0) is 0 Å². The molecule has 0 aliphatic rings. The first-order valence-corrected chi connectivity index (χ1v) is 6.70. The second-order valence-electron chi connectivity index (χ2n) is 4.82. The van der Waals surface area contributed by atoms with Crippen molar-refractivity contribution in [1.82, 2.24) is 0 Å². The average molecular weight is 232 g/mol. The summed E-state index contributed by atoms with van der Waals surface area (Å²) in [5.41, 5.74) is 5.41. The van der Waals surface area contributed by atoms with E-state index in [0.717, 1.165) is 6.42 Å². The zero-order chi connectivity index (χ0) is 13.0. The molecule has 1 unspecified atom stereocenters. The Labute approximate surface area is 102 Å². The number of hydrogen-bond donors (Lipinski definition) is 1. The van der Waals surface area contributed by atoms with Crippen molar-refractivity contribution >= 4 is 0 Å². The van der Waals surface area contributed by atoms with Crippen molar-refractivity contribution < 1.29 is 4.65 Å². The first-order valence-electron chi connectivity index (χ1n) is 6.70. The molecule has 0 rings (SSSR count). The molecule has 0 amide bonds. The molecule has 0 aliphatic carbocycles. The number of hydroxylamine groups is 3. The number of hydrogen-bond acceptors (Lipinski definition) is 2. The molecule has 0 aromatic rings. The molecule has 0 bridgehead atoms. The van der Waals surface area contributed by atoms with Crippen LogP contribution in [0.2, 0.25) is 0 Å². The van der Waals surface area contributed by atoms with Crippen LogP contribution in [0, 0.1) is 5.21 Å². The summed E-state index contributed by atoms with van der Waals surface area (Å²) >= 11 is 0. The highest BCUT2D eigenvalue weighted by molar-refractivity contribution is 4.42. The molecule has 100 valence electrons. The summed E-state index contributed by atoms with van der Waals surface area (Å²) in [5, 5.41) is 10.8. The van der Waals surface area contributed by atoms with E-state index in [0.29, 0.717) is 0 Å². The van der Waals surface area contributed by atoms with Crippen molar-refractivity contribution in [3.63, 3.8) is 0 Å². The van der Waals surface area contributed by atoms with Crippen molar-refractivity contribution in [3.05, 3.63) is 5.21 Å². The highest BCUT2D eigenvalue weighted by Crippen LogP contribution is 2.03. The highest BCUT2D eigenvalue weighted by atomic mass is 16.5. The Morgan fingerprint density at radius 2 is 1.31 bits per heavy atom. The van der Waals surface area contributed by atoms with E-state index < -0.39 is 4.65 Å². The maximum Gasteiger partial charge on any atom is 0.139 e. The smallest absolute Gasteiger partial charge is 0.139 e. The SMILES string of the molecule is CCC(N)[N+](C)(C)[O-].CCCCCCCC. The van der Waals surface area contributed by atoms with Gasteiger partial charge in [-0.15, -0.1) is 0 Å². The van der Waals surface area contributed by atoms with E-state index in [-0.39, 0.29) is 6.17 Å². The Balaban J connectivity index is 0. The number of quaternary nitrogens is 1. The van der Waals surface area contributed by atoms with Gasteiger partial charge in [0.25, 0.3) is 0 Å². The van der Waals surface area contributed by atoms with E-state index in [2.05, 4.69) is 13.8 Å². The minimum atomic E-state index is -0.392. The van der Waals surface area contributed by atoms with Gasteiger partial charge in [0.05, 0.1) is 14.1 Å². The second kappa shape index (κ2) is 11.4. The Morgan fingerprint density at radius 3 is 1.44 bits per heavy atom. The molecular weight excluding hydrogens is 200 g/mol. The molecule has 0 aliphatic heterocycles. The topological polar surface area (TPSA) is 49.1 Å². The van der Waals surface area contributed by atoms with E-state index in [1.54, 1.807) is 14.1 Å². The summed E-state index contributed by atoms with van der Waals surface area (Å²) in [5.74, 6) is 0. The minimum Gasteiger partial charge on any atom is -0.632 e. The summed E-state index contributed by atoms with van der Waals surface area (Å²) in [6.07, 6.45) is 8.95. The lowest BCUT2D eigenvalue weighted by molar-refractivity contribution is -0.866. The Hall–Kier alpha value is -0.120. The van der Waals surface area contributed by atoms with E-state index in [9.17, 15) is 5.21 Å². The molecule has 0 aromatic heterocycles. The molecule has 16 heavy (non-hydrogen) atoms. The summed E-state index contributed by atoms with van der Waals surface area (Å²) < 4.78 is -0.392. The van der Waals surface area contributed by atoms with Gasteiger partial charge in [-0.3, -0.25) is 5.73 Å². The highest BCUT2D eigenvalue weighted by Gasteiger charge is 2.10. The zero-order valence-electron chi connectivity index (χ0n) is 12.0. The fraction of sp³-hybridized carbons (Fsp3) is 1.00. The van der Waals surface area contributed by atoms with Gasteiger partial charge in [-0.05, 0) is 0 Å². The largest absolute Gasteiger partial charge is 0.632 e. The van der Waals surface area contributed by atoms with E-state index >= 15 is 0 Å². The van der Waals surface area contributed by atoms with Gasteiger partial charge in [-0.25, -0.2) is 0 Å². The van der Waals surface area contributed by atoms with Gasteiger partial charge in [0.2, 0.25) is 0 Å². The lowest BCUT2D eigenvalue weighted by Crippen LogP contribution is -2.48. The van der Waals surface area contributed by atoms with Crippen molar-refractivity contribution in [3.8, 4) is 0 Å². The summed E-state index contributed by atoms with van der Waals surface area (Å²) in [6.45, 7) is 6.42. The number of unbranched alkanes of at least 4 members (excludes halogenated alkanes) is 5. The van der Waals surface area contributed by atoms with Gasteiger partial charge < -0.3 is 9.85 Å². The monoisotopic (exact) mass is 232 g/mol. The first kappa shape index (κ1) is 18.3. The van der Waals surface area contributed by atoms with Gasteiger partial charge in [0, 0.05) is 6.42 Å². The van der Waals surface area contributed by atoms with Gasteiger partial charge in [0.15, 0.2) is 0 Å². The van der Waals surface area contributed by atoms with E-state index in [4.69, 9.17) is 5.73 Å². The summed E-state index contributed by atoms with van der Waals surface area (Å²) in [6, 6.07) is 0. The summed E-state index contributed by atoms with van der Waals surface area (Å²) in [7, 11) is 3.10. The Kier molecular flexibility index (Phi) is 13.0. The maximum atomic E-state index is 10.8. The van der Waals surface area contributed by atoms with Crippen LogP contribution in [0.4, 0.5) is 0 Å². The van der Waals surface area contributed by atoms with Crippen molar-refractivity contribution in [2.45, 2.75) is 71.9 Å². The van der Waals surface area contributed by atoms with Crippen LogP contribution >= 0.6 is 0 Å². The lowest BCUT2D eigenvalue weighted by Gasteiger charge is -2.38. The van der Waals surface area contributed by atoms with Crippen LogP contribution in [0.15, 0.2) is 0 Å². The van der Waals surface area contributed by atoms with Crippen molar-refractivity contribution in [2.24, 2.45) is 5.73 Å². The van der Waals surface area contributed by atoms with Gasteiger partial charge >= 0.3 is 0 Å². The molecule has 2 N–H and O–H groups in total. The van der Waals surface area contributed by atoms with Crippen LogP contribution in [0.25, 0.3) is 0 Å².